The molecule has 1 saturated heterocycles. The van der Waals surface area contributed by atoms with E-state index in [0.29, 0.717) is 12.5 Å². The molecule has 1 atom stereocenters. The molecule has 0 spiro atoms. The summed E-state index contributed by atoms with van der Waals surface area (Å²) in [4.78, 5) is 7.34. The van der Waals surface area contributed by atoms with Crippen molar-refractivity contribution in [1.29, 1.82) is 0 Å². The van der Waals surface area contributed by atoms with Crippen LogP contribution in [0.5, 0.6) is 0 Å². The van der Waals surface area contributed by atoms with Crippen molar-refractivity contribution < 1.29 is 0 Å². The molecule has 0 bridgehead atoms. The highest BCUT2D eigenvalue weighted by Gasteiger charge is 2.26. The van der Waals surface area contributed by atoms with Crippen molar-refractivity contribution in [2.45, 2.75) is 25.8 Å². The molecule has 4 rings (SSSR count). The minimum Gasteiger partial charge on any atom is -0.357 e. The second-order valence-corrected chi connectivity index (χ2v) is 7.19. The lowest BCUT2D eigenvalue weighted by molar-refractivity contribution is 0.486. The number of aryl methyl sites for hydroxylation is 1. The summed E-state index contributed by atoms with van der Waals surface area (Å²) in [6, 6.07) is 15.0. The third-order valence-electron chi connectivity index (χ3n) is 5.30. The lowest BCUT2D eigenvalue weighted by atomic mass is 10.0. The first-order chi connectivity index (χ1) is 13.2. The van der Waals surface area contributed by atoms with Crippen molar-refractivity contribution in [3.63, 3.8) is 0 Å². The molecule has 0 aliphatic carbocycles. The van der Waals surface area contributed by atoms with E-state index in [1.165, 1.54) is 21.9 Å². The molecule has 5 heteroatoms. The highest BCUT2D eigenvalue weighted by Crippen LogP contribution is 2.27. The maximum atomic E-state index is 4.96. The zero-order chi connectivity index (χ0) is 18.6. The molecule has 1 aromatic heterocycles. The molecule has 1 aliphatic heterocycles. The number of likely N-dealkylation sites (tertiary alicyclic amines) is 1. The minimum atomic E-state index is 0.528. The van der Waals surface area contributed by atoms with Gasteiger partial charge in [0.2, 0.25) is 0 Å². The smallest absolute Gasteiger partial charge is 0.194 e. The number of benzene rings is 2. The van der Waals surface area contributed by atoms with Crippen LogP contribution in [0, 0.1) is 0 Å². The maximum Gasteiger partial charge on any atom is 0.194 e. The Morgan fingerprint density at radius 3 is 2.89 bits per heavy atom. The number of aromatic nitrogens is 2. The van der Waals surface area contributed by atoms with Crippen molar-refractivity contribution in [3.05, 3.63) is 66.0 Å². The van der Waals surface area contributed by atoms with Gasteiger partial charge in [0.25, 0.3) is 0 Å². The molecular formula is C22H27N5. The van der Waals surface area contributed by atoms with Gasteiger partial charge in [-0.1, -0.05) is 42.5 Å². The molecule has 1 aliphatic rings. The summed E-state index contributed by atoms with van der Waals surface area (Å²) >= 11 is 0. The number of fused-ring (bicyclic) bond motifs is 1. The van der Waals surface area contributed by atoms with E-state index in [2.05, 4.69) is 70.9 Å². The molecule has 1 unspecified atom stereocenters. The van der Waals surface area contributed by atoms with Gasteiger partial charge in [0.1, 0.15) is 0 Å². The van der Waals surface area contributed by atoms with E-state index in [-0.39, 0.29) is 0 Å². The zero-order valence-electron chi connectivity index (χ0n) is 16.1. The van der Waals surface area contributed by atoms with Crippen LogP contribution in [0.3, 0.4) is 0 Å². The van der Waals surface area contributed by atoms with Crippen molar-refractivity contribution >= 4 is 16.7 Å². The van der Waals surface area contributed by atoms with Crippen molar-refractivity contribution in [3.8, 4) is 0 Å². The Morgan fingerprint density at radius 2 is 2.07 bits per heavy atom. The summed E-state index contributed by atoms with van der Waals surface area (Å²) in [5.41, 5.74) is 2.59. The van der Waals surface area contributed by atoms with Gasteiger partial charge in [-0.3, -0.25) is 4.68 Å². The van der Waals surface area contributed by atoms with Crippen LogP contribution in [0.4, 0.5) is 0 Å². The molecule has 2 heterocycles. The van der Waals surface area contributed by atoms with Crippen molar-refractivity contribution in [2.75, 3.05) is 19.6 Å². The Kier molecular flexibility index (Phi) is 5.10. The normalized spacial score (nSPS) is 17.6. The Morgan fingerprint density at radius 1 is 1.22 bits per heavy atom. The average Bonchev–Trinajstić information content (AvgIpc) is 3.34. The number of rotatable bonds is 4. The van der Waals surface area contributed by atoms with Crippen LogP contribution in [-0.2, 0) is 13.6 Å². The van der Waals surface area contributed by atoms with Crippen LogP contribution in [0.1, 0.15) is 30.4 Å². The van der Waals surface area contributed by atoms with Gasteiger partial charge < -0.3 is 10.2 Å². The van der Waals surface area contributed by atoms with E-state index in [4.69, 9.17) is 4.99 Å². The highest BCUT2D eigenvalue weighted by molar-refractivity contribution is 5.86. The predicted molar refractivity (Wildman–Crippen MR) is 111 cm³/mol. The van der Waals surface area contributed by atoms with Crippen molar-refractivity contribution in [2.24, 2.45) is 12.0 Å². The third kappa shape index (κ3) is 3.82. The van der Waals surface area contributed by atoms with Gasteiger partial charge in [-0.2, -0.15) is 5.10 Å². The molecule has 2 aromatic carbocycles. The third-order valence-corrected chi connectivity index (χ3v) is 5.30. The average molecular weight is 361 g/mol. The summed E-state index contributed by atoms with van der Waals surface area (Å²) in [7, 11) is 1.98. The first-order valence-electron chi connectivity index (χ1n) is 9.73. The molecule has 27 heavy (non-hydrogen) atoms. The molecule has 0 saturated carbocycles. The molecule has 3 aromatic rings. The van der Waals surface area contributed by atoms with E-state index in [9.17, 15) is 0 Å². The Bertz CT molecular complexity index is 937. The van der Waals surface area contributed by atoms with Crippen LogP contribution in [0.25, 0.3) is 10.8 Å². The Balaban J connectivity index is 1.52. The molecule has 0 radical (unpaired) electrons. The Labute approximate surface area is 160 Å². The first-order valence-corrected chi connectivity index (χ1v) is 9.73. The number of aliphatic imine (C=N–C) groups is 1. The number of nitrogens with one attached hydrogen (secondary N) is 1. The molecular weight excluding hydrogens is 334 g/mol. The van der Waals surface area contributed by atoms with Crippen LogP contribution < -0.4 is 5.32 Å². The molecule has 0 amide bonds. The zero-order valence-corrected chi connectivity index (χ0v) is 16.1. The van der Waals surface area contributed by atoms with Gasteiger partial charge in [-0.05, 0) is 35.2 Å². The first kappa shape index (κ1) is 17.6. The second-order valence-electron chi connectivity index (χ2n) is 7.19. The van der Waals surface area contributed by atoms with Crippen LogP contribution >= 0.6 is 0 Å². The van der Waals surface area contributed by atoms with Gasteiger partial charge in [0.15, 0.2) is 5.96 Å². The van der Waals surface area contributed by atoms with Gasteiger partial charge in [-0.15, -0.1) is 0 Å². The van der Waals surface area contributed by atoms with Crippen LogP contribution in [0.15, 0.2) is 59.9 Å². The van der Waals surface area contributed by atoms with E-state index in [1.807, 2.05) is 17.9 Å². The van der Waals surface area contributed by atoms with Crippen LogP contribution in [0.2, 0.25) is 0 Å². The lowest BCUT2D eigenvalue weighted by Crippen LogP contribution is -2.40. The number of hydrogen-bond donors (Lipinski definition) is 1. The largest absolute Gasteiger partial charge is 0.357 e. The van der Waals surface area contributed by atoms with Gasteiger partial charge >= 0.3 is 0 Å². The fourth-order valence-corrected chi connectivity index (χ4v) is 3.89. The van der Waals surface area contributed by atoms with Gasteiger partial charge in [0.05, 0.1) is 12.7 Å². The van der Waals surface area contributed by atoms with E-state index in [0.717, 1.165) is 32.0 Å². The molecule has 1 fully saturated rings. The Hall–Kier alpha value is -2.82. The number of guanidine groups is 1. The molecule has 140 valence electrons. The van der Waals surface area contributed by atoms with E-state index in [1.54, 1.807) is 0 Å². The summed E-state index contributed by atoms with van der Waals surface area (Å²) in [6.07, 6.45) is 5.27. The maximum absolute atomic E-state index is 4.96. The summed E-state index contributed by atoms with van der Waals surface area (Å²) in [5.74, 6) is 1.54. The summed E-state index contributed by atoms with van der Waals surface area (Å²) in [6.45, 7) is 5.72. The molecule has 5 nitrogen and oxygen atoms in total. The highest BCUT2D eigenvalue weighted by atomic mass is 15.3. The quantitative estimate of drug-likeness (QED) is 0.571. The fourth-order valence-electron chi connectivity index (χ4n) is 3.89. The SMILES string of the molecule is CCNC(=NCc1cccc2ccccc12)N1CCC(c2cnn(C)c2)C1. The minimum absolute atomic E-state index is 0.528. The predicted octanol–water partition coefficient (Wildman–Crippen LogP) is 3.53. The topological polar surface area (TPSA) is 45.5 Å². The van der Waals surface area contributed by atoms with Crippen LogP contribution in [-0.4, -0.2) is 40.3 Å². The number of nitrogens with zero attached hydrogens (tertiary/aromatic N) is 4. The lowest BCUT2D eigenvalue weighted by Gasteiger charge is -2.21. The van der Waals surface area contributed by atoms with Gasteiger partial charge in [0, 0.05) is 38.8 Å². The van der Waals surface area contributed by atoms with Crippen molar-refractivity contribution in [1.82, 2.24) is 20.0 Å². The standard InChI is InChI=1S/C22H27N5/c1-3-23-22(27-12-11-19(16-27)20-14-25-26(2)15-20)24-13-18-9-6-8-17-7-4-5-10-21(17)18/h4-10,14-15,19H,3,11-13,16H2,1-2H3,(H,23,24). The van der Waals surface area contributed by atoms with E-state index < -0.39 is 0 Å². The van der Waals surface area contributed by atoms with E-state index >= 15 is 0 Å². The summed E-state index contributed by atoms with van der Waals surface area (Å²) < 4.78 is 1.89. The monoisotopic (exact) mass is 361 g/mol. The van der Waals surface area contributed by atoms with Gasteiger partial charge in [-0.25, -0.2) is 4.99 Å². The summed E-state index contributed by atoms with van der Waals surface area (Å²) in [5, 5.41) is 10.4. The molecule has 1 N–H and O–H groups in total. The second kappa shape index (κ2) is 7.82. The fraction of sp³-hybridized carbons (Fsp3) is 0.364. The number of hydrogen-bond acceptors (Lipinski definition) is 2.